The number of carbonyl (C=O) groups excluding carboxylic acids is 1. The summed E-state index contributed by atoms with van der Waals surface area (Å²) in [5, 5.41) is 0.728. The number of thiazole rings is 1. The molecule has 1 aromatic carbocycles. The summed E-state index contributed by atoms with van der Waals surface area (Å²) in [5.41, 5.74) is 0.102. The molecule has 7 nitrogen and oxygen atoms in total. The molecule has 1 atom stereocenters. The van der Waals surface area contributed by atoms with Crippen LogP contribution in [0.25, 0.3) is 10.3 Å². The molecule has 8 heteroatoms. The van der Waals surface area contributed by atoms with Gasteiger partial charge in [0.1, 0.15) is 16.6 Å². The van der Waals surface area contributed by atoms with E-state index >= 15 is 0 Å². The fourth-order valence-electron chi connectivity index (χ4n) is 3.17. The first-order chi connectivity index (χ1) is 13.0. The average Bonchev–Trinajstić information content (AvgIpc) is 3.29. The molecule has 0 spiro atoms. The summed E-state index contributed by atoms with van der Waals surface area (Å²) >= 11 is 1.38. The minimum atomic E-state index is -0.396. The summed E-state index contributed by atoms with van der Waals surface area (Å²) in [5.74, 6) is 1.28. The quantitative estimate of drug-likeness (QED) is 0.741. The van der Waals surface area contributed by atoms with Crippen molar-refractivity contribution in [1.29, 1.82) is 0 Å². The van der Waals surface area contributed by atoms with Crippen molar-refractivity contribution in [2.24, 2.45) is 0 Å². The summed E-state index contributed by atoms with van der Waals surface area (Å²) in [4.78, 5) is 39.1. The van der Waals surface area contributed by atoms with Crippen LogP contribution in [0, 0.1) is 0 Å². The van der Waals surface area contributed by atoms with Gasteiger partial charge < -0.3 is 9.72 Å². The van der Waals surface area contributed by atoms with Crippen LogP contribution in [0.4, 0.5) is 4.79 Å². The molecule has 27 heavy (non-hydrogen) atoms. The zero-order chi connectivity index (χ0) is 19.0. The number of rotatable bonds is 3. The number of amides is 1. The second kappa shape index (κ2) is 7.11. The molecule has 0 saturated carbocycles. The lowest BCUT2D eigenvalue weighted by atomic mass is 10.2. The van der Waals surface area contributed by atoms with Crippen molar-refractivity contribution in [2.45, 2.75) is 38.6 Å². The number of aromatic amines is 1. The van der Waals surface area contributed by atoms with E-state index in [-0.39, 0.29) is 17.5 Å². The van der Waals surface area contributed by atoms with E-state index in [2.05, 4.69) is 15.0 Å². The molecule has 1 aliphatic heterocycles. The van der Waals surface area contributed by atoms with Crippen molar-refractivity contribution >= 4 is 27.8 Å². The Bertz CT molecular complexity index is 1030. The van der Waals surface area contributed by atoms with E-state index in [0.29, 0.717) is 28.5 Å². The molecule has 3 aromatic rings. The summed E-state index contributed by atoms with van der Waals surface area (Å²) in [6, 6.07) is 8.81. The van der Waals surface area contributed by atoms with E-state index in [4.69, 9.17) is 4.74 Å². The van der Waals surface area contributed by atoms with Crippen LogP contribution < -0.4 is 10.3 Å². The Morgan fingerprint density at radius 3 is 2.81 bits per heavy atom. The van der Waals surface area contributed by atoms with Gasteiger partial charge in [-0.25, -0.2) is 14.8 Å². The summed E-state index contributed by atoms with van der Waals surface area (Å²) < 4.78 is 5.48. The van der Waals surface area contributed by atoms with Crippen LogP contribution >= 0.6 is 11.3 Å². The number of carbonyl (C=O) groups is 1. The molecule has 0 aliphatic carbocycles. The third-order valence-corrected chi connectivity index (χ3v) is 5.62. The van der Waals surface area contributed by atoms with E-state index in [1.54, 1.807) is 17.0 Å². The number of H-pyrrole nitrogens is 1. The number of hydrogen-bond donors (Lipinski definition) is 1. The minimum absolute atomic E-state index is 0.122. The number of benzene rings is 1. The third-order valence-electron chi connectivity index (χ3n) is 4.57. The number of hydrogen-bond acceptors (Lipinski definition) is 6. The van der Waals surface area contributed by atoms with Gasteiger partial charge in [-0.3, -0.25) is 9.69 Å². The normalized spacial score (nSPS) is 17.0. The molecule has 140 valence electrons. The minimum Gasteiger partial charge on any atom is -0.410 e. The fourth-order valence-corrected chi connectivity index (χ4v) is 4.27. The van der Waals surface area contributed by atoms with Crippen molar-refractivity contribution in [3.05, 3.63) is 51.5 Å². The van der Waals surface area contributed by atoms with Gasteiger partial charge in [0.05, 0.1) is 6.04 Å². The summed E-state index contributed by atoms with van der Waals surface area (Å²) in [6.45, 7) is 4.56. The maximum absolute atomic E-state index is 12.6. The van der Waals surface area contributed by atoms with Crippen molar-refractivity contribution in [2.75, 3.05) is 6.54 Å². The smallest absolute Gasteiger partial charge is 0.410 e. The van der Waals surface area contributed by atoms with Gasteiger partial charge in [-0.2, -0.15) is 0 Å². The first-order valence-electron chi connectivity index (χ1n) is 8.97. The number of nitrogens with one attached hydrogen (secondary N) is 1. The van der Waals surface area contributed by atoms with Gasteiger partial charge in [0, 0.05) is 12.5 Å². The van der Waals surface area contributed by atoms with Crippen LogP contribution in [-0.4, -0.2) is 32.5 Å². The van der Waals surface area contributed by atoms with Gasteiger partial charge in [0.15, 0.2) is 10.3 Å². The van der Waals surface area contributed by atoms with Crippen LogP contribution in [0.15, 0.2) is 35.1 Å². The number of fused-ring (bicyclic) bond motifs is 1. The zero-order valence-corrected chi connectivity index (χ0v) is 16.0. The Balaban J connectivity index is 1.62. The first-order valence-corrected chi connectivity index (χ1v) is 9.78. The number of ether oxygens (including phenoxy) is 1. The number of aromatic nitrogens is 3. The van der Waals surface area contributed by atoms with Crippen molar-refractivity contribution in [1.82, 2.24) is 19.9 Å². The highest BCUT2D eigenvalue weighted by atomic mass is 32.1. The fraction of sp³-hybridized carbons (Fsp3) is 0.368. The zero-order valence-electron chi connectivity index (χ0n) is 15.1. The molecule has 1 aliphatic rings. The lowest BCUT2D eigenvalue weighted by Gasteiger charge is -2.22. The lowest BCUT2D eigenvalue weighted by Crippen LogP contribution is -2.33. The molecule has 0 bridgehead atoms. The molecular weight excluding hydrogens is 364 g/mol. The van der Waals surface area contributed by atoms with Crippen LogP contribution in [0.5, 0.6) is 5.75 Å². The van der Waals surface area contributed by atoms with E-state index < -0.39 is 6.09 Å². The number of likely N-dealkylation sites (tertiary alicyclic amines) is 1. The molecule has 0 unspecified atom stereocenters. The summed E-state index contributed by atoms with van der Waals surface area (Å²) in [7, 11) is 0. The number of nitrogens with zero attached hydrogens (tertiary/aromatic N) is 3. The maximum Gasteiger partial charge on any atom is 0.415 e. The van der Waals surface area contributed by atoms with E-state index in [1.165, 1.54) is 11.3 Å². The van der Waals surface area contributed by atoms with Crippen LogP contribution in [-0.2, 0) is 0 Å². The molecule has 0 radical (unpaired) electrons. The predicted octanol–water partition coefficient (Wildman–Crippen LogP) is 3.84. The maximum atomic E-state index is 12.6. The average molecular weight is 384 g/mol. The Morgan fingerprint density at radius 1 is 1.30 bits per heavy atom. The predicted molar refractivity (Wildman–Crippen MR) is 103 cm³/mol. The Morgan fingerprint density at radius 2 is 2.07 bits per heavy atom. The standard InChI is InChI=1S/C19H20N4O3S/c1-11(2)15-21-16(24)14-18(22-15)27-17(20-14)13-9-6-10-23(13)19(25)26-12-7-4-3-5-8-12/h3-5,7-8,11,13H,6,9-10H2,1-2H3,(H,21,22,24)/t13-/m1/s1. The number of para-hydroxylation sites is 1. The van der Waals surface area contributed by atoms with Crippen LogP contribution in [0.1, 0.15) is 49.5 Å². The van der Waals surface area contributed by atoms with E-state index in [0.717, 1.165) is 17.8 Å². The topological polar surface area (TPSA) is 88.2 Å². The Labute approximate surface area is 160 Å². The second-order valence-electron chi connectivity index (χ2n) is 6.84. The van der Waals surface area contributed by atoms with Crippen LogP contribution in [0.2, 0.25) is 0 Å². The van der Waals surface area contributed by atoms with Gasteiger partial charge in [-0.1, -0.05) is 43.4 Å². The molecule has 1 saturated heterocycles. The molecule has 3 heterocycles. The second-order valence-corrected chi connectivity index (χ2v) is 7.85. The monoisotopic (exact) mass is 384 g/mol. The molecule has 1 amide bonds. The van der Waals surface area contributed by atoms with Gasteiger partial charge >= 0.3 is 6.09 Å². The van der Waals surface area contributed by atoms with Gasteiger partial charge in [0.25, 0.3) is 5.56 Å². The van der Waals surface area contributed by atoms with Gasteiger partial charge in [-0.05, 0) is 25.0 Å². The highest BCUT2D eigenvalue weighted by Crippen LogP contribution is 2.36. The van der Waals surface area contributed by atoms with Crippen molar-refractivity contribution in [3.63, 3.8) is 0 Å². The van der Waals surface area contributed by atoms with Crippen LogP contribution in [0.3, 0.4) is 0 Å². The van der Waals surface area contributed by atoms with Gasteiger partial charge in [-0.15, -0.1) is 0 Å². The van der Waals surface area contributed by atoms with Crippen molar-refractivity contribution in [3.8, 4) is 5.75 Å². The largest absolute Gasteiger partial charge is 0.415 e. The molecule has 4 rings (SSSR count). The Kier molecular flexibility index (Phi) is 4.65. The third kappa shape index (κ3) is 3.44. The lowest BCUT2D eigenvalue weighted by molar-refractivity contribution is 0.147. The first kappa shape index (κ1) is 17.7. The van der Waals surface area contributed by atoms with Crippen molar-refractivity contribution < 1.29 is 9.53 Å². The molecule has 1 fully saturated rings. The highest BCUT2D eigenvalue weighted by molar-refractivity contribution is 7.18. The summed E-state index contributed by atoms with van der Waals surface area (Å²) in [6.07, 6.45) is 1.26. The molecule has 1 N–H and O–H groups in total. The Hall–Kier alpha value is -2.74. The molecular formula is C19H20N4O3S. The highest BCUT2D eigenvalue weighted by Gasteiger charge is 2.34. The van der Waals surface area contributed by atoms with E-state index in [9.17, 15) is 9.59 Å². The van der Waals surface area contributed by atoms with Gasteiger partial charge in [0.2, 0.25) is 0 Å². The van der Waals surface area contributed by atoms with E-state index in [1.807, 2.05) is 32.0 Å². The molecule has 2 aromatic heterocycles. The SMILES string of the molecule is CC(C)c1nc2sc([C@H]3CCCN3C(=O)Oc3ccccc3)nc2c(=O)[nH]1.